The third kappa shape index (κ3) is 3.00. The highest BCUT2D eigenvalue weighted by molar-refractivity contribution is 5.45. The molecule has 4 nitrogen and oxygen atoms in total. The van der Waals surface area contributed by atoms with Crippen molar-refractivity contribution in [1.29, 1.82) is 0 Å². The number of hydrogen-bond acceptors (Lipinski definition) is 4. The second-order valence-corrected chi connectivity index (χ2v) is 5.18. The van der Waals surface area contributed by atoms with Gasteiger partial charge in [-0.3, -0.25) is 4.98 Å². The van der Waals surface area contributed by atoms with Gasteiger partial charge < -0.3 is 15.1 Å². The highest BCUT2D eigenvalue weighted by Gasteiger charge is 2.22. The fourth-order valence-electron chi connectivity index (χ4n) is 2.47. The SMILES string of the molecule is CC(O)C1CCN(c2ccc([C@H](C)O)nc2)CC1. The Labute approximate surface area is 108 Å². The van der Waals surface area contributed by atoms with Gasteiger partial charge in [-0.05, 0) is 44.7 Å². The normalized spacial score (nSPS) is 20.8. The predicted octanol–water partition coefficient (Wildman–Crippen LogP) is 1.73. The Bertz CT molecular complexity index is 368. The first-order valence-corrected chi connectivity index (χ1v) is 6.65. The number of aliphatic hydroxyl groups is 2. The van der Waals surface area contributed by atoms with Crippen LogP contribution in [0.25, 0.3) is 0 Å². The van der Waals surface area contributed by atoms with Crippen molar-refractivity contribution in [1.82, 2.24) is 4.98 Å². The molecule has 0 aliphatic carbocycles. The summed E-state index contributed by atoms with van der Waals surface area (Å²) in [5, 5.41) is 19.0. The minimum Gasteiger partial charge on any atom is -0.393 e. The monoisotopic (exact) mass is 250 g/mol. The summed E-state index contributed by atoms with van der Waals surface area (Å²) < 4.78 is 0. The molecule has 1 fully saturated rings. The minimum atomic E-state index is -0.514. The first-order chi connectivity index (χ1) is 8.58. The minimum absolute atomic E-state index is 0.206. The van der Waals surface area contributed by atoms with E-state index in [1.54, 1.807) is 6.92 Å². The van der Waals surface area contributed by atoms with Crippen molar-refractivity contribution in [2.24, 2.45) is 5.92 Å². The molecule has 0 bridgehead atoms. The number of aliphatic hydroxyl groups excluding tert-OH is 2. The van der Waals surface area contributed by atoms with E-state index < -0.39 is 6.10 Å². The fourth-order valence-corrected chi connectivity index (χ4v) is 2.47. The zero-order valence-corrected chi connectivity index (χ0v) is 11.1. The third-order valence-corrected chi connectivity index (χ3v) is 3.79. The van der Waals surface area contributed by atoms with Gasteiger partial charge in [-0.2, -0.15) is 0 Å². The summed E-state index contributed by atoms with van der Waals surface area (Å²) in [5.41, 5.74) is 1.81. The van der Waals surface area contributed by atoms with Crippen molar-refractivity contribution >= 4 is 5.69 Å². The summed E-state index contributed by atoms with van der Waals surface area (Å²) in [6.45, 7) is 5.52. The molecule has 1 aliphatic heterocycles. The summed E-state index contributed by atoms with van der Waals surface area (Å²) in [6, 6.07) is 3.89. The molecule has 2 heterocycles. The molecule has 1 aromatic heterocycles. The maximum Gasteiger partial charge on any atom is 0.0931 e. The van der Waals surface area contributed by atoms with Gasteiger partial charge in [-0.25, -0.2) is 0 Å². The summed E-state index contributed by atoms with van der Waals surface area (Å²) in [5.74, 6) is 0.422. The van der Waals surface area contributed by atoms with Crippen molar-refractivity contribution in [2.45, 2.75) is 38.9 Å². The number of nitrogens with zero attached hydrogens (tertiary/aromatic N) is 2. The van der Waals surface area contributed by atoms with E-state index in [1.165, 1.54) is 0 Å². The smallest absolute Gasteiger partial charge is 0.0931 e. The molecule has 0 saturated carbocycles. The molecular weight excluding hydrogens is 228 g/mol. The Morgan fingerprint density at radius 1 is 1.22 bits per heavy atom. The lowest BCUT2D eigenvalue weighted by atomic mass is 9.92. The van der Waals surface area contributed by atoms with Gasteiger partial charge in [-0.15, -0.1) is 0 Å². The Hall–Kier alpha value is -1.13. The first kappa shape index (κ1) is 13.3. The van der Waals surface area contributed by atoms with Gasteiger partial charge in [0, 0.05) is 13.1 Å². The number of hydrogen-bond donors (Lipinski definition) is 2. The van der Waals surface area contributed by atoms with Gasteiger partial charge in [-0.1, -0.05) is 0 Å². The largest absolute Gasteiger partial charge is 0.393 e. The van der Waals surface area contributed by atoms with Crippen LogP contribution in [0.5, 0.6) is 0 Å². The van der Waals surface area contributed by atoms with E-state index in [0.717, 1.165) is 31.6 Å². The Morgan fingerprint density at radius 2 is 1.89 bits per heavy atom. The molecule has 1 aromatic rings. The topological polar surface area (TPSA) is 56.6 Å². The Balaban J connectivity index is 1.97. The molecule has 0 aromatic carbocycles. The lowest BCUT2D eigenvalue weighted by Crippen LogP contribution is -2.37. The van der Waals surface area contributed by atoms with Crippen LogP contribution in [0, 0.1) is 5.92 Å². The summed E-state index contributed by atoms with van der Waals surface area (Å²) in [4.78, 5) is 6.56. The molecule has 4 heteroatoms. The molecule has 0 amide bonds. The van der Waals surface area contributed by atoms with E-state index in [0.29, 0.717) is 11.6 Å². The van der Waals surface area contributed by atoms with Gasteiger partial charge in [0.1, 0.15) is 0 Å². The average molecular weight is 250 g/mol. The lowest BCUT2D eigenvalue weighted by molar-refractivity contribution is 0.110. The van der Waals surface area contributed by atoms with Gasteiger partial charge in [0.05, 0.1) is 29.8 Å². The molecule has 1 aliphatic rings. The molecule has 100 valence electrons. The van der Waals surface area contributed by atoms with Crippen molar-refractivity contribution in [3.63, 3.8) is 0 Å². The zero-order chi connectivity index (χ0) is 13.1. The average Bonchev–Trinajstić information content (AvgIpc) is 2.39. The zero-order valence-electron chi connectivity index (χ0n) is 11.1. The number of piperidine rings is 1. The van der Waals surface area contributed by atoms with Crippen molar-refractivity contribution < 1.29 is 10.2 Å². The van der Waals surface area contributed by atoms with E-state index >= 15 is 0 Å². The van der Waals surface area contributed by atoms with Crippen LogP contribution in [0.4, 0.5) is 5.69 Å². The molecule has 2 atom stereocenters. The molecule has 1 unspecified atom stereocenters. The molecule has 1 saturated heterocycles. The van der Waals surface area contributed by atoms with E-state index in [2.05, 4.69) is 9.88 Å². The quantitative estimate of drug-likeness (QED) is 0.858. The molecule has 0 spiro atoms. The molecule has 2 rings (SSSR count). The van der Waals surface area contributed by atoms with Crippen LogP contribution in [0.2, 0.25) is 0 Å². The van der Waals surface area contributed by atoms with Crippen LogP contribution in [0.15, 0.2) is 18.3 Å². The van der Waals surface area contributed by atoms with Crippen LogP contribution >= 0.6 is 0 Å². The molecule has 0 radical (unpaired) electrons. The number of pyridine rings is 1. The van der Waals surface area contributed by atoms with Crippen LogP contribution in [-0.2, 0) is 0 Å². The van der Waals surface area contributed by atoms with Crippen LogP contribution < -0.4 is 4.90 Å². The molecule has 18 heavy (non-hydrogen) atoms. The van der Waals surface area contributed by atoms with Crippen molar-refractivity contribution in [3.8, 4) is 0 Å². The van der Waals surface area contributed by atoms with Gasteiger partial charge in [0.15, 0.2) is 0 Å². The fraction of sp³-hybridized carbons (Fsp3) is 0.643. The van der Waals surface area contributed by atoms with Crippen LogP contribution in [0.3, 0.4) is 0 Å². The number of rotatable bonds is 3. The number of anilines is 1. The Morgan fingerprint density at radius 3 is 2.33 bits per heavy atom. The second kappa shape index (κ2) is 5.67. The summed E-state index contributed by atoms with van der Waals surface area (Å²) in [7, 11) is 0. The van der Waals surface area contributed by atoms with Gasteiger partial charge in [0.25, 0.3) is 0 Å². The summed E-state index contributed by atoms with van der Waals surface area (Å²) in [6.07, 6.45) is 3.15. The van der Waals surface area contributed by atoms with Gasteiger partial charge >= 0.3 is 0 Å². The standard InChI is InChI=1S/C14H22N2O2/c1-10(17)12-5-7-16(8-6-12)13-3-4-14(11(2)18)15-9-13/h3-4,9-12,17-18H,5-8H2,1-2H3/t10?,11-/m0/s1. The predicted molar refractivity (Wildman–Crippen MR) is 71.5 cm³/mol. The van der Waals surface area contributed by atoms with Crippen LogP contribution in [-0.4, -0.2) is 34.4 Å². The maximum atomic E-state index is 9.57. The Kier molecular flexibility index (Phi) is 4.19. The second-order valence-electron chi connectivity index (χ2n) is 5.18. The molecular formula is C14H22N2O2. The van der Waals surface area contributed by atoms with Crippen LogP contribution in [0.1, 0.15) is 38.5 Å². The lowest BCUT2D eigenvalue weighted by Gasteiger charge is -2.34. The van der Waals surface area contributed by atoms with Crippen molar-refractivity contribution in [2.75, 3.05) is 18.0 Å². The van der Waals surface area contributed by atoms with E-state index in [-0.39, 0.29) is 6.10 Å². The molecule has 2 N–H and O–H groups in total. The number of aromatic nitrogens is 1. The van der Waals surface area contributed by atoms with Crippen molar-refractivity contribution in [3.05, 3.63) is 24.0 Å². The first-order valence-electron chi connectivity index (χ1n) is 6.65. The van der Waals surface area contributed by atoms with Gasteiger partial charge in [0.2, 0.25) is 0 Å². The third-order valence-electron chi connectivity index (χ3n) is 3.79. The maximum absolute atomic E-state index is 9.57. The van der Waals surface area contributed by atoms with E-state index in [1.807, 2.05) is 25.3 Å². The summed E-state index contributed by atoms with van der Waals surface area (Å²) >= 11 is 0. The highest BCUT2D eigenvalue weighted by atomic mass is 16.3. The highest BCUT2D eigenvalue weighted by Crippen LogP contribution is 2.25. The van der Waals surface area contributed by atoms with E-state index in [4.69, 9.17) is 0 Å². The van der Waals surface area contributed by atoms with E-state index in [9.17, 15) is 10.2 Å².